The Bertz CT molecular complexity index is 944. The molecule has 0 aromatic heterocycles. The van der Waals surface area contributed by atoms with Crippen LogP contribution in [0.1, 0.15) is 15.9 Å². The van der Waals surface area contributed by atoms with Gasteiger partial charge in [0.15, 0.2) is 6.61 Å². The van der Waals surface area contributed by atoms with Gasteiger partial charge >= 0.3 is 6.18 Å². The summed E-state index contributed by atoms with van der Waals surface area (Å²) in [6, 6.07) is 9.28. The molecule has 0 atom stereocenters. The number of hydrogen-bond acceptors (Lipinski definition) is 5. The highest BCUT2D eigenvalue weighted by atomic mass is 32.2. The lowest BCUT2D eigenvalue weighted by atomic mass is 10.1. The van der Waals surface area contributed by atoms with Crippen molar-refractivity contribution in [3.63, 3.8) is 0 Å². The lowest BCUT2D eigenvalue weighted by molar-refractivity contribution is -0.153. The van der Waals surface area contributed by atoms with E-state index in [0.29, 0.717) is 5.56 Å². The Hall–Kier alpha value is -2.79. The molecular weight excluding hydrogens is 401 g/mol. The first-order chi connectivity index (χ1) is 13.0. The summed E-state index contributed by atoms with van der Waals surface area (Å²) in [5.74, 6) is -0.421. The van der Waals surface area contributed by atoms with Crippen molar-refractivity contribution in [2.75, 3.05) is 13.7 Å². The van der Waals surface area contributed by atoms with Gasteiger partial charge in [0, 0.05) is 6.54 Å². The summed E-state index contributed by atoms with van der Waals surface area (Å²) in [5.41, 5.74) is 0.563. The first kappa shape index (κ1) is 21.5. The normalized spacial score (nSPS) is 11.8. The predicted molar refractivity (Wildman–Crippen MR) is 93.5 cm³/mol. The monoisotopic (exact) mass is 418 g/mol. The van der Waals surface area contributed by atoms with Crippen molar-refractivity contribution in [2.24, 2.45) is 5.14 Å². The molecule has 0 aliphatic heterocycles. The van der Waals surface area contributed by atoms with E-state index < -0.39 is 28.7 Å². The van der Waals surface area contributed by atoms with Gasteiger partial charge in [0.25, 0.3) is 5.91 Å². The lowest BCUT2D eigenvalue weighted by Gasteiger charge is -2.12. The molecule has 7 nitrogen and oxygen atoms in total. The molecule has 0 unspecified atom stereocenters. The van der Waals surface area contributed by atoms with E-state index in [0.717, 1.165) is 6.07 Å². The molecule has 0 saturated carbocycles. The second-order valence-corrected chi connectivity index (χ2v) is 7.20. The van der Waals surface area contributed by atoms with Crippen molar-refractivity contribution in [1.29, 1.82) is 0 Å². The predicted octanol–water partition coefficient (Wildman–Crippen LogP) is 2.21. The fourth-order valence-electron chi connectivity index (χ4n) is 2.19. The van der Waals surface area contributed by atoms with Crippen LogP contribution in [0.3, 0.4) is 0 Å². The second-order valence-electron chi connectivity index (χ2n) is 5.64. The average Bonchev–Trinajstić information content (AvgIpc) is 2.63. The third-order valence-electron chi connectivity index (χ3n) is 3.52. The fourth-order valence-corrected chi connectivity index (χ4v) is 2.73. The number of nitrogens with two attached hydrogens (primary N) is 1. The minimum atomic E-state index is -4.43. The van der Waals surface area contributed by atoms with Crippen LogP contribution in [0.2, 0.25) is 0 Å². The van der Waals surface area contributed by atoms with E-state index in [1.807, 2.05) is 0 Å². The molecule has 11 heteroatoms. The molecule has 152 valence electrons. The SMILES string of the molecule is COc1ccc(S(N)(=O)=O)cc1C(=O)NCc1ccc(OCC(F)(F)F)cc1. The molecule has 1 amide bonds. The van der Waals surface area contributed by atoms with Gasteiger partial charge in [-0.2, -0.15) is 13.2 Å². The van der Waals surface area contributed by atoms with E-state index >= 15 is 0 Å². The Balaban J connectivity index is 2.06. The number of ether oxygens (including phenoxy) is 2. The second kappa shape index (κ2) is 8.48. The Morgan fingerprint density at radius 3 is 2.32 bits per heavy atom. The maximum Gasteiger partial charge on any atom is 0.422 e. The highest BCUT2D eigenvalue weighted by molar-refractivity contribution is 7.89. The summed E-state index contributed by atoms with van der Waals surface area (Å²) in [6.07, 6.45) is -4.43. The van der Waals surface area contributed by atoms with Gasteiger partial charge < -0.3 is 14.8 Å². The fraction of sp³-hybridized carbons (Fsp3) is 0.235. The van der Waals surface area contributed by atoms with Crippen molar-refractivity contribution in [3.8, 4) is 11.5 Å². The number of nitrogens with one attached hydrogen (secondary N) is 1. The quantitative estimate of drug-likeness (QED) is 0.717. The van der Waals surface area contributed by atoms with Gasteiger partial charge in [0.2, 0.25) is 10.0 Å². The van der Waals surface area contributed by atoms with Crippen LogP contribution in [0.15, 0.2) is 47.4 Å². The van der Waals surface area contributed by atoms with Gasteiger partial charge in [0.05, 0.1) is 17.6 Å². The van der Waals surface area contributed by atoms with Crippen LogP contribution in [-0.2, 0) is 16.6 Å². The molecule has 2 rings (SSSR count). The van der Waals surface area contributed by atoms with Crippen LogP contribution in [0, 0.1) is 0 Å². The van der Waals surface area contributed by atoms with Crippen molar-refractivity contribution in [3.05, 3.63) is 53.6 Å². The number of benzene rings is 2. The van der Waals surface area contributed by atoms with Gasteiger partial charge in [0.1, 0.15) is 11.5 Å². The summed E-state index contributed by atoms with van der Waals surface area (Å²) in [4.78, 5) is 12.1. The molecule has 28 heavy (non-hydrogen) atoms. The number of carbonyl (C=O) groups excluding carboxylic acids is 1. The number of rotatable bonds is 7. The molecule has 2 aromatic rings. The third-order valence-corrected chi connectivity index (χ3v) is 4.43. The van der Waals surface area contributed by atoms with E-state index in [1.54, 1.807) is 0 Å². The Labute approximate surface area is 159 Å². The number of halogens is 3. The standard InChI is InChI=1S/C17H17F3N2O5S/c1-26-15-7-6-13(28(21,24)25)8-14(15)16(23)22-9-11-2-4-12(5-3-11)27-10-17(18,19)20/h2-8H,9-10H2,1H3,(H,22,23)(H2,21,24,25). The van der Waals surface area contributed by atoms with Crippen LogP contribution in [0.4, 0.5) is 13.2 Å². The molecule has 0 fully saturated rings. The van der Waals surface area contributed by atoms with Crippen molar-refractivity contribution in [2.45, 2.75) is 17.6 Å². The first-order valence-corrected chi connectivity index (χ1v) is 9.32. The summed E-state index contributed by atoms with van der Waals surface area (Å²) >= 11 is 0. The summed E-state index contributed by atoms with van der Waals surface area (Å²) in [7, 11) is -2.68. The Morgan fingerprint density at radius 1 is 1.14 bits per heavy atom. The van der Waals surface area contributed by atoms with Crippen LogP contribution < -0.4 is 19.9 Å². The molecule has 0 radical (unpaired) electrons. The lowest BCUT2D eigenvalue weighted by Crippen LogP contribution is -2.24. The molecular formula is C17H17F3N2O5S. The zero-order valence-corrected chi connectivity index (χ0v) is 15.4. The van der Waals surface area contributed by atoms with E-state index in [9.17, 15) is 26.4 Å². The molecule has 3 N–H and O–H groups in total. The van der Waals surface area contributed by atoms with Crippen LogP contribution in [0.5, 0.6) is 11.5 Å². The van der Waals surface area contributed by atoms with Gasteiger partial charge in [-0.25, -0.2) is 13.6 Å². The maximum absolute atomic E-state index is 12.4. The van der Waals surface area contributed by atoms with Gasteiger partial charge in [-0.1, -0.05) is 12.1 Å². The zero-order chi connectivity index (χ0) is 20.9. The topological polar surface area (TPSA) is 108 Å². The highest BCUT2D eigenvalue weighted by Gasteiger charge is 2.28. The smallest absolute Gasteiger partial charge is 0.422 e. The highest BCUT2D eigenvalue weighted by Crippen LogP contribution is 2.22. The molecule has 2 aromatic carbocycles. The zero-order valence-electron chi connectivity index (χ0n) is 14.6. The van der Waals surface area contributed by atoms with E-state index in [-0.39, 0.29) is 28.5 Å². The largest absolute Gasteiger partial charge is 0.496 e. The summed E-state index contributed by atoms with van der Waals surface area (Å²) in [6.45, 7) is -1.36. The van der Waals surface area contributed by atoms with Gasteiger partial charge in [-0.15, -0.1) is 0 Å². The third kappa shape index (κ3) is 6.13. The number of methoxy groups -OCH3 is 1. The molecule has 0 bridgehead atoms. The van der Waals surface area contributed by atoms with E-state index in [4.69, 9.17) is 9.88 Å². The number of primary sulfonamides is 1. The average molecular weight is 418 g/mol. The minimum absolute atomic E-state index is 0.0286. The van der Waals surface area contributed by atoms with E-state index in [1.165, 1.54) is 43.5 Å². The molecule has 0 spiro atoms. The minimum Gasteiger partial charge on any atom is -0.496 e. The maximum atomic E-state index is 12.4. The number of amides is 1. The number of sulfonamides is 1. The number of alkyl halides is 3. The van der Waals surface area contributed by atoms with Crippen molar-refractivity contribution >= 4 is 15.9 Å². The Kier molecular flexibility index (Phi) is 6.52. The summed E-state index contributed by atoms with van der Waals surface area (Å²) in [5, 5.41) is 7.63. The Morgan fingerprint density at radius 2 is 1.79 bits per heavy atom. The van der Waals surface area contributed by atoms with Crippen molar-refractivity contribution < 1.29 is 35.9 Å². The molecule has 0 aliphatic rings. The summed E-state index contributed by atoms with van der Waals surface area (Å²) < 4.78 is 68.9. The van der Waals surface area contributed by atoms with Gasteiger partial charge in [-0.05, 0) is 35.9 Å². The van der Waals surface area contributed by atoms with Gasteiger partial charge in [-0.3, -0.25) is 4.79 Å². The van der Waals surface area contributed by atoms with Crippen LogP contribution >= 0.6 is 0 Å². The molecule has 0 aliphatic carbocycles. The van der Waals surface area contributed by atoms with Crippen LogP contribution in [0.25, 0.3) is 0 Å². The molecule has 0 saturated heterocycles. The van der Waals surface area contributed by atoms with E-state index in [2.05, 4.69) is 10.1 Å². The number of hydrogen-bond donors (Lipinski definition) is 2. The molecule has 0 heterocycles. The number of carbonyl (C=O) groups is 1. The van der Waals surface area contributed by atoms with Crippen LogP contribution in [-0.4, -0.2) is 34.2 Å². The van der Waals surface area contributed by atoms with Crippen molar-refractivity contribution in [1.82, 2.24) is 5.32 Å². The first-order valence-electron chi connectivity index (χ1n) is 7.77.